The predicted octanol–water partition coefficient (Wildman–Crippen LogP) is 3.75. The number of pyridine rings is 1. The first kappa shape index (κ1) is 22.5. The van der Waals surface area contributed by atoms with E-state index in [1.165, 1.54) is 7.05 Å². The van der Waals surface area contributed by atoms with Gasteiger partial charge in [-0.1, -0.05) is 6.07 Å². The molecule has 35 heavy (non-hydrogen) atoms. The highest BCUT2D eigenvalue weighted by atomic mass is 19.1. The average molecular weight is 482 g/mol. The fourth-order valence-corrected chi connectivity index (χ4v) is 4.29. The predicted molar refractivity (Wildman–Crippen MR) is 124 cm³/mol. The van der Waals surface area contributed by atoms with Crippen LogP contribution in [0.3, 0.4) is 0 Å². The molecule has 1 aliphatic carbocycles. The molecule has 2 aromatic heterocycles. The van der Waals surface area contributed by atoms with Crippen molar-refractivity contribution in [2.75, 3.05) is 17.7 Å². The van der Waals surface area contributed by atoms with Gasteiger partial charge in [-0.15, -0.1) is 0 Å². The van der Waals surface area contributed by atoms with E-state index in [0.717, 1.165) is 29.9 Å². The maximum Gasteiger partial charge on any atom is 0.312 e. The van der Waals surface area contributed by atoms with Crippen molar-refractivity contribution in [1.29, 1.82) is 0 Å². The van der Waals surface area contributed by atoms with Gasteiger partial charge in [-0.05, 0) is 43.0 Å². The highest BCUT2D eigenvalue weighted by Gasteiger charge is 2.31. The zero-order valence-electron chi connectivity index (χ0n) is 18.8. The quantitative estimate of drug-likeness (QED) is 0.327. The van der Waals surface area contributed by atoms with Gasteiger partial charge in [-0.2, -0.15) is 4.98 Å². The van der Waals surface area contributed by atoms with Crippen LogP contribution in [0.5, 0.6) is 0 Å². The average Bonchev–Trinajstić information content (AvgIpc) is 3.53. The van der Waals surface area contributed by atoms with Crippen LogP contribution in [0, 0.1) is 18.6 Å². The summed E-state index contributed by atoms with van der Waals surface area (Å²) >= 11 is 0. The van der Waals surface area contributed by atoms with Crippen molar-refractivity contribution in [2.45, 2.75) is 32.2 Å². The minimum Gasteiger partial charge on any atom is -0.481 e. The largest absolute Gasteiger partial charge is 0.481 e. The van der Waals surface area contributed by atoms with Gasteiger partial charge >= 0.3 is 12.0 Å². The molecule has 1 saturated carbocycles. The zero-order chi connectivity index (χ0) is 25.2. The number of hydrogen-bond donors (Lipinski definition) is 2. The summed E-state index contributed by atoms with van der Waals surface area (Å²) in [4.78, 5) is 41.7. The van der Waals surface area contributed by atoms with Crippen LogP contribution in [0.4, 0.5) is 20.5 Å². The van der Waals surface area contributed by atoms with Gasteiger partial charge in [0.1, 0.15) is 18.1 Å². The Balaban J connectivity index is 1.78. The van der Waals surface area contributed by atoms with Gasteiger partial charge in [0.15, 0.2) is 11.1 Å². The number of nitrogen functional groups attached to an aromatic ring is 1. The van der Waals surface area contributed by atoms with E-state index in [4.69, 9.17) is 15.3 Å². The minimum absolute atomic E-state index is 0.00301. The van der Waals surface area contributed by atoms with Gasteiger partial charge < -0.3 is 19.8 Å². The monoisotopic (exact) mass is 482 g/mol. The Bertz CT molecular complexity index is 1620. The number of anilines is 2. The number of aryl methyl sites for hydroxylation is 1. The van der Waals surface area contributed by atoms with Crippen molar-refractivity contribution < 1.29 is 27.9 Å². The van der Waals surface area contributed by atoms with Crippen molar-refractivity contribution in [2.24, 2.45) is 0 Å². The molecule has 0 aliphatic heterocycles. The van der Waals surface area contributed by atoms with Crippen LogP contribution in [0.15, 0.2) is 33.5 Å². The van der Waals surface area contributed by atoms with Crippen LogP contribution in [-0.2, 0) is 9.59 Å². The van der Waals surface area contributed by atoms with Crippen LogP contribution >= 0.6 is 0 Å². The van der Waals surface area contributed by atoms with E-state index in [-0.39, 0.29) is 34.4 Å². The summed E-state index contributed by atoms with van der Waals surface area (Å²) in [5, 5.41) is 9.40. The standard InChI is InChI=1S/C24H20F2N4O5/c1-10-12(14-7-16(26)17(27)8-15(14)25)5-6-13-21(10)30(11-3-4-11)23(34)20-22(13)35-24(28-20)29(2)18(31)9-19(32)33/h5-8,11H,3-4,9,27H2,1-2H3,(H,32,33). The molecule has 5 rings (SSSR count). The second kappa shape index (κ2) is 7.90. The number of halogens is 2. The van der Waals surface area contributed by atoms with Crippen LogP contribution in [0.1, 0.15) is 30.9 Å². The van der Waals surface area contributed by atoms with Crippen LogP contribution < -0.4 is 16.2 Å². The van der Waals surface area contributed by atoms with Crippen molar-refractivity contribution in [3.8, 4) is 11.1 Å². The first-order valence-corrected chi connectivity index (χ1v) is 10.8. The molecule has 2 heterocycles. The summed E-state index contributed by atoms with van der Waals surface area (Å²) in [6.45, 7) is 1.70. The second-order valence-corrected chi connectivity index (χ2v) is 8.59. The molecule has 9 nitrogen and oxygen atoms in total. The SMILES string of the molecule is Cc1c(-c2cc(F)c(N)cc2F)ccc2c3oc(N(C)C(=O)CC(=O)O)nc3c(=O)n(C3CC3)c12. The maximum absolute atomic E-state index is 14.7. The summed E-state index contributed by atoms with van der Waals surface area (Å²) in [6, 6.07) is 4.84. The van der Waals surface area contributed by atoms with E-state index < -0.39 is 35.5 Å². The number of carbonyl (C=O) groups excluding carboxylic acids is 1. The molecule has 2 aromatic carbocycles. The second-order valence-electron chi connectivity index (χ2n) is 8.59. The molecule has 0 radical (unpaired) electrons. The van der Waals surface area contributed by atoms with Crippen molar-refractivity contribution in [3.05, 3.63) is 51.8 Å². The molecule has 1 aliphatic rings. The number of rotatable bonds is 5. The highest BCUT2D eigenvalue weighted by molar-refractivity contribution is 6.06. The fraction of sp³-hybridized carbons (Fsp3) is 0.250. The summed E-state index contributed by atoms with van der Waals surface area (Å²) in [7, 11) is 1.30. The van der Waals surface area contributed by atoms with E-state index >= 15 is 0 Å². The molecule has 11 heteroatoms. The first-order valence-electron chi connectivity index (χ1n) is 10.8. The molecular formula is C24H20F2N4O5. The maximum atomic E-state index is 14.7. The molecule has 3 N–H and O–H groups in total. The lowest BCUT2D eigenvalue weighted by molar-refractivity contribution is -0.140. The third-order valence-corrected chi connectivity index (χ3v) is 6.21. The van der Waals surface area contributed by atoms with Crippen molar-refractivity contribution in [3.63, 3.8) is 0 Å². The van der Waals surface area contributed by atoms with Crippen LogP contribution in [0.2, 0.25) is 0 Å². The lowest BCUT2D eigenvalue weighted by Gasteiger charge is -2.16. The number of nitrogens with zero attached hydrogens (tertiary/aromatic N) is 3. The first-order chi connectivity index (χ1) is 16.6. The Hall–Kier alpha value is -4.28. The van der Waals surface area contributed by atoms with E-state index in [1.54, 1.807) is 23.6 Å². The molecule has 4 aromatic rings. The van der Waals surface area contributed by atoms with Crippen molar-refractivity contribution in [1.82, 2.24) is 9.55 Å². The van der Waals surface area contributed by atoms with Gasteiger partial charge in [-0.25, -0.2) is 8.78 Å². The summed E-state index contributed by atoms with van der Waals surface area (Å²) in [6.07, 6.45) is 0.752. The lowest BCUT2D eigenvalue weighted by atomic mass is 9.96. The third kappa shape index (κ3) is 3.59. The number of aliphatic carboxylic acids is 1. The normalized spacial score (nSPS) is 13.5. The number of benzene rings is 2. The number of carboxylic acid groups (broad SMARTS) is 1. The number of fused-ring (bicyclic) bond motifs is 3. The molecule has 0 atom stereocenters. The molecule has 0 spiro atoms. The highest BCUT2D eigenvalue weighted by Crippen LogP contribution is 2.41. The van der Waals surface area contributed by atoms with Crippen molar-refractivity contribution >= 4 is 45.6 Å². The van der Waals surface area contributed by atoms with E-state index in [1.807, 2.05) is 0 Å². The Labute approximate surface area is 196 Å². The molecule has 0 saturated heterocycles. The third-order valence-electron chi connectivity index (χ3n) is 6.21. The molecule has 0 unspecified atom stereocenters. The molecule has 180 valence electrons. The zero-order valence-corrected chi connectivity index (χ0v) is 18.8. The van der Waals surface area contributed by atoms with Gasteiger partial charge in [0.2, 0.25) is 5.91 Å². The molecule has 0 bridgehead atoms. The number of nitrogens with two attached hydrogens (primary N) is 1. The fourth-order valence-electron chi connectivity index (χ4n) is 4.29. The number of carboxylic acids is 1. The Kier molecular flexibility index (Phi) is 5.08. The number of hydrogen-bond acceptors (Lipinski definition) is 6. The van der Waals surface area contributed by atoms with E-state index in [2.05, 4.69) is 4.98 Å². The van der Waals surface area contributed by atoms with Crippen LogP contribution in [-0.4, -0.2) is 33.6 Å². The van der Waals surface area contributed by atoms with Crippen LogP contribution in [0.25, 0.3) is 33.1 Å². The van der Waals surface area contributed by atoms with Gasteiger partial charge in [0, 0.05) is 30.1 Å². The number of carbonyl (C=O) groups is 2. The summed E-state index contributed by atoms with van der Waals surface area (Å²) < 4.78 is 36.3. The van der Waals surface area contributed by atoms with Gasteiger partial charge in [-0.3, -0.25) is 19.3 Å². The Morgan fingerprint density at radius 1 is 1.23 bits per heavy atom. The smallest absolute Gasteiger partial charge is 0.312 e. The van der Waals surface area contributed by atoms with Gasteiger partial charge in [0.25, 0.3) is 5.56 Å². The molecular weight excluding hydrogens is 462 g/mol. The topological polar surface area (TPSA) is 132 Å². The van der Waals surface area contributed by atoms with Gasteiger partial charge in [0.05, 0.1) is 11.2 Å². The Morgan fingerprint density at radius 3 is 2.60 bits per heavy atom. The number of amides is 1. The van der Waals surface area contributed by atoms with E-state index in [9.17, 15) is 23.2 Å². The number of aromatic nitrogens is 2. The lowest BCUT2D eigenvalue weighted by Crippen LogP contribution is -2.28. The number of oxazole rings is 1. The summed E-state index contributed by atoms with van der Waals surface area (Å²) in [5.41, 5.74) is 6.24. The van der Waals surface area contributed by atoms with E-state index in [0.29, 0.717) is 22.0 Å². The summed E-state index contributed by atoms with van der Waals surface area (Å²) in [5.74, 6) is -3.54. The minimum atomic E-state index is -1.31. The molecule has 1 amide bonds. The molecule has 1 fully saturated rings. The Morgan fingerprint density at radius 2 is 1.94 bits per heavy atom.